The van der Waals surface area contributed by atoms with Gasteiger partial charge in [-0.15, -0.1) is 0 Å². The number of hydrogen-bond acceptors (Lipinski definition) is 2. The minimum absolute atomic E-state index is 0.529. The Morgan fingerprint density at radius 3 is 1.12 bits per heavy atom. The molecule has 0 amide bonds. The van der Waals surface area contributed by atoms with Crippen molar-refractivity contribution in [2.24, 2.45) is 0 Å². The van der Waals surface area contributed by atoms with Gasteiger partial charge in [0, 0.05) is 0 Å². The Morgan fingerprint density at radius 2 is 0.875 bits per heavy atom. The molecule has 0 bridgehead atoms. The molecule has 2 N–H and O–H groups in total. The van der Waals surface area contributed by atoms with E-state index in [2.05, 4.69) is 0 Å². The molecule has 4 nitrogen and oxygen atoms in total. The van der Waals surface area contributed by atoms with Crippen molar-refractivity contribution in [3.63, 3.8) is 0 Å². The molecule has 0 aliphatic heterocycles. The van der Waals surface area contributed by atoms with Gasteiger partial charge in [0.05, 0.1) is 11.4 Å². The van der Waals surface area contributed by atoms with Crippen LogP contribution in [-0.4, -0.2) is 0 Å². The number of anilines is 2. The minimum atomic E-state index is 0.529. The quantitative estimate of drug-likeness (QED) is 0.771. The Labute approximate surface area is 93.1 Å². The molecule has 0 saturated heterocycles. The normalized spacial score (nSPS) is 9.88. The molecule has 4 heteroatoms. The van der Waals surface area contributed by atoms with Gasteiger partial charge in [0.1, 0.15) is 0 Å². The van der Waals surface area contributed by atoms with Crippen LogP contribution in [0.4, 0.5) is 11.4 Å². The number of benzene rings is 2. The maximum atomic E-state index is 10.4. The van der Waals surface area contributed by atoms with Crippen molar-refractivity contribution in [1.29, 1.82) is 0 Å². The lowest BCUT2D eigenvalue weighted by atomic mass is 10.1. The van der Waals surface area contributed by atoms with Crippen molar-refractivity contribution in [1.82, 2.24) is 0 Å². The molecular weight excluding hydrogens is 204 g/mol. The molecule has 0 atom stereocenters. The van der Waals surface area contributed by atoms with Crippen molar-refractivity contribution < 1.29 is 10.4 Å². The number of rotatable bonds is 3. The smallest absolute Gasteiger partial charge is 0.0636 e. The van der Waals surface area contributed by atoms with Gasteiger partial charge in [-0.2, -0.15) is 0 Å². The van der Waals surface area contributed by atoms with Crippen LogP contribution in [-0.2, 0) is 10.4 Å². The highest BCUT2D eigenvalue weighted by atomic mass is 16.5. The predicted octanol–water partition coefficient (Wildman–Crippen LogP) is 2.87. The molecule has 0 aliphatic rings. The van der Waals surface area contributed by atoms with Crippen molar-refractivity contribution >= 4 is 11.4 Å². The zero-order chi connectivity index (χ0) is 11.4. The van der Waals surface area contributed by atoms with E-state index in [-0.39, 0.29) is 0 Å². The van der Waals surface area contributed by atoms with Crippen LogP contribution in [0.5, 0.6) is 0 Å². The summed E-state index contributed by atoms with van der Waals surface area (Å²) >= 11 is 0. The lowest BCUT2D eigenvalue weighted by Gasteiger charge is -2.03. The zero-order valence-corrected chi connectivity index (χ0v) is 8.44. The first kappa shape index (κ1) is 10.5. The third kappa shape index (κ3) is 2.13. The average Bonchev–Trinajstić information content (AvgIpc) is 2.39. The van der Waals surface area contributed by atoms with Crippen molar-refractivity contribution in [2.75, 3.05) is 11.0 Å². The summed E-state index contributed by atoms with van der Waals surface area (Å²) in [5.74, 6) is 0. The summed E-state index contributed by atoms with van der Waals surface area (Å²) in [4.78, 5) is 0. The molecule has 0 heterocycles. The van der Waals surface area contributed by atoms with E-state index in [0.29, 0.717) is 11.4 Å². The van der Waals surface area contributed by atoms with Gasteiger partial charge < -0.3 is 0 Å². The van der Waals surface area contributed by atoms with Crippen LogP contribution in [0.1, 0.15) is 0 Å². The molecule has 0 unspecified atom stereocenters. The van der Waals surface area contributed by atoms with Crippen LogP contribution < -0.4 is 11.0 Å². The molecule has 0 spiro atoms. The largest absolute Gasteiger partial charge is 0.233 e. The van der Waals surface area contributed by atoms with Crippen molar-refractivity contribution in [3.8, 4) is 11.1 Å². The van der Waals surface area contributed by atoms with Crippen LogP contribution >= 0.6 is 0 Å². The summed E-state index contributed by atoms with van der Waals surface area (Å²) in [5.41, 5.74) is 6.70. The Kier molecular flexibility index (Phi) is 3.05. The van der Waals surface area contributed by atoms with Crippen LogP contribution in [0.2, 0.25) is 0 Å². The van der Waals surface area contributed by atoms with E-state index in [1.165, 1.54) is 0 Å². The maximum absolute atomic E-state index is 10.4. The standard InChI is InChI=1S/C12H10N2O2/c15-13-11-5-1-9(2-6-11)10-3-7-12(14-16)8-4-10/h1-8,13-14H. The monoisotopic (exact) mass is 214 g/mol. The number of hydrogen-bond donors (Lipinski definition) is 2. The number of nitrogens with one attached hydrogen (secondary N) is 2. The van der Waals surface area contributed by atoms with E-state index in [9.17, 15) is 10.4 Å². The van der Waals surface area contributed by atoms with Crippen LogP contribution in [0.15, 0.2) is 48.5 Å². The van der Waals surface area contributed by atoms with E-state index >= 15 is 0 Å². The zero-order valence-electron chi connectivity index (χ0n) is 8.44. The summed E-state index contributed by atoms with van der Waals surface area (Å²) in [6, 6.07) is 14.2. The van der Waals surface area contributed by atoms with Crippen molar-refractivity contribution in [2.45, 2.75) is 0 Å². The highest BCUT2D eigenvalue weighted by Crippen LogP contribution is 2.22. The molecule has 2 aromatic rings. The maximum Gasteiger partial charge on any atom is 0.0636 e. The fourth-order valence-electron chi connectivity index (χ4n) is 1.46. The molecule has 0 saturated carbocycles. The lowest BCUT2D eigenvalue weighted by Crippen LogP contribution is -1.87. The van der Waals surface area contributed by atoms with Gasteiger partial charge in [-0.1, -0.05) is 34.7 Å². The summed E-state index contributed by atoms with van der Waals surface area (Å²) in [6.07, 6.45) is 0. The van der Waals surface area contributed by atoms with Crippen molar-refractivity contribution in [3.05, 3.63) is 48.5 Å². The van der Waals surface area contributed by atoms with E-state index in [0.717, 1.165) is 11.1 Å². The molecule has 0 aromatic heterocycles. The van der Waals surface area contributed by atoms with Gasteiger partial charge in [0.25, 0.3) is 0 Å². The topological polar surface area (TPSA) is 63.9 Å². The Hall–Kier alpha value is -2.04. The summed E-state index contributed by atoms with van der Waals surface area (Å²) in [6.45, 7) is 0. The van der Waals surface area contributed by atoms with Gasteiger partial charge in [-0.25, -0.2) is 11.0 Å². The molecule has 0 aliphatic carbocycles. The van der Waals surface area contributed by atoms with Gasteiger partial charge in [0.2, 0.25) is 0 Å². The van der Waals surface area contributed by atoms with Gasteiger partial charge in [-0.05, 0) is 35.4 Å². The highest BCUT2D eigenvalue weighted by Gasteiger charge is 1.98. The molecule has 16 heavy (non-hydrogen) atoms. The summed E-state index contributed by atoms with van der Waals surface area (Å²) < 4.78 is 0. The second-order valence-corrected chi connectivity index (χ2v) is 3.36. The SMILES string of the molecule is [O]Nc1ccc(-c2ccc(N[O])cc2)cc1. The molecule has 2 rings (SSSR count). The van der Waals surface area contributed by atoms with Crippen LogP contribution in [0.3, 0.4) is 0 Å². The molecular formula is C12H10N2O2. The summed E-state index contributed by atoms with van der Waals surface area (Å²) in [7, 11) is 0. The third-order valence-electron chi connectivity index (χ3n) is 2.34. The predicted molar refractivity (Wildman–Crippen MR) is 60.5 cm³/mol. The van der Waals surface area contributed by atoms with E-state index < -0.39 is 0 Å². The fourth-order valence-corrected chi connectivity index (χ4v) is 1.46. The summed E-state index contributed by atoms with van der Waals surface area (Å²) in [5, 5.41) is 20.7. The molecule has 2 radical (unpaired) electrons. The first-order chi connectivity index (χ1) is 7.83. The van der Waals surface area contributed by atoms with Gasteiger partial charge in [-0.3, -0.25) is 0 Å². The van der Waals surface area contributed by atoms with Crippen LogP contribution in [0, 0.1) is 0 Å². The average molecular weight is 214 g/mol. The Balaban J connectivity index is 2.28. The third-order valence-corrected chi connectivity index (χ3v) is 2.34. The van der Waals surface area contributed by atoms with E-state index in [4.69, 9.17) is 0 Å². The molecule has 0 fully saturated rings. The first-order valence-corrected chi connectivity index (χ1v) is 4.80. The fraction of sp³-hybridized carbons (Fsp3) is 0. The van der Waals surface area contributed by atoms with E-state index in [1.54, 1.807) is 24.3 Å². The lowest BCUT2D eigenvalue weighted by molar-refractivity contribution is 0.274. The molecule has 80 valence electrons. The first-order valence-electron chi connectivity index (χ1n) is 4.80. The highest BCUT2D eigenvalue weighted by molar-refractivity contribution is 5.67. The van der Waals surface area contributed by atoms with Gasteiger partial charge >= 0.3 is 0 Å². The van der Waals surface area contributed by atoms with Crippen LogP contribution in [0.25, 0.3) is 11.1 Å². The Morgan fingerprint density at radius 1 is 0.562 bits per heavy atom. The molecule has 2 aromatic carbocycles. The second kappa shape index (κ2) is 4.65. The minimum Gasteiger partial charge on any atom is -0.233 e. The second-order valence-electron chi connectivity index (χ2n) is 3.36. The Bertz CT molecular complexity index is 406. The van der Waals surface area contributed by atoms with E-state index in [1.807, 2.05) is 35.2 Å². The van der Waals surface area contributed by atoms with Gasteiger partial charge in [0.15, 0.2) is 0 Å².